The number of amides is 1. The third-order valence-corrected chi connectivity index (χ3v) is 2.12. The monoisotopic (exact) mass is 211 g/mol. The first kappa shape index (κ1) is 11.6. The number of nitrogens with one attached hydrogen (secondary N) is 2. The summed E-state index contributed by atoms with van der Waals surface area (Å²) in [4.78, 5) is 15.5. The van der Waals surface area contributed by atoms with E-state index in [1.54, 1.807) is 0 Å². The van der Waals surface area contributed by atoms with Crippen LogP contribution in [-0.4, -0.2) is 33.7 Å². The lowest BCUT2D eigenvalue weighted by atomic mass is 10.2. The summed E-state index contributed by atoms with van der Waals surface area (Å²) in [7, 11) is 0. The molecule has 0 aliphatic carbocycles. The molecular weight excluding hydrogens is 194 g/mol. The molecule has 1 rings (SSSR count). The van der Waals surface area contributed by atoms with Crippen molar-refractivity contribution in [1.82, 2.24) is 20.5 Å². The highest BCUT2D eigenvalue weighted by Gasteiger charge is 2.11. The zero-order valence-corrected chi connectivity index (χ0v) is 9.08. The first-order valence-corrected chi connectivity index (χ1v) is 5.12. The van der Waals surface area contributed by atoms with Crippen LogP contribution in [0, 0.1) is 0 Å². The van der Waals surface area contributed by atoms with Crippen LogP contribution in [0.15, 0.2) is 0 Å². The van der Waals surface area contributed by atoms with Crippen LogP contribution in [0.2, 0.25) is 0 Å². The van der Waals surface area contributed by atoms with Gasteiger partial charge in [0.25, 0.3) is 5.91 Å². The smallest absolute Gasteiger partial charge is 0.291 e. The van der Waals surface area contributed by atoms with Crippen molar-refractivity contribution in [3.8, 4) is 0 Å². The standard InChI is InChI=1S/C9H17N5O/c1-3-6(10)5-11-9(15)8-12-7(4-2)13-14-8/h6H,3-5,10H2,1-2H3,(H,11,15)(H,12,13,14). The van der Waals surface area contributed by atoms with E-state index in [0.29, 0.717) is 12.4 Å². The Hall–Kier alpha value is -1.43. The Balaban J connectivity index is 2.46. The molecule has 0 aliphatic rings. The minimum absolute atomic E-state index is 0.0152. The minimum Gasteiger partial charge on any atom is -0.348 e. The molecule has 0 aromatic carbocycles. The predicted octanol–water partition coefficient (Wildman–Crippen LogP) is -0.166. The zero-order chi connectivity index (χ0) is 11.3. The lowest BCUT2D eigenvalue weighted by Crippen LogP contribution is -2.37. The summed E-state index contributed by atoms with van der Waals surface area (Å²) in [6, 6.07) is -0.0152. The number of nitrogens with two attached hydrogens (primary N) is 1. The van der Waals surface area contributed by atoms with Gasteiger partial charge in [-0.2, -0.15) is 0 Å². The fourth-order valence-electron chi connectivity index (χ4n) is 1.00. The van der Waals surface area contributed by atoms with Gasteiger partial charge in [-0.1, -0.05) is 13.8 Å². The average molecular weight is 211 g/mol. The summed E-state index contributed by atoms with van der Waals surface area (Å²) in [6.45, 7) is 4.36. The van der Waals surface area contributed by atoms with E-state index in [1.165, 1.54) is 0 Å². The van der Waals surface area contributed by atoms with Gasteiger partial charge in [0.15, 0.2) is 0 Å². The SMILES string of the molecule is CCc1nc(C(=O)NCC(N)CC)n[nH]1. The van der Waals surface area contributed by atoms with E-state index >= 15 is 0 Å². The van der Waals surface area contributed by atoms with Crippen molar-refractivity contribution in [2.75, 3.05) is 6.54 Å². The predicted molar refractivity (Wildman–Crippen MR) is 56.4 cm³/mol. The lowest BCUT2D eigenvalue weighted by molar-refractivity contribution is 0.0941. The summed E-state index contributed by atoms with van der Waals surface area (Å²) in [5, 5.41) is 9.16. The molecule has 0 saturated carbocycles. The summed E-state index contributed by atoms with van der Waals surface area (Å²) < 4.78 is 0. The van der Waals surface area contributed by atoms with Crippen molar-refractivity contribution in [2.24, 2.45) is 5.73 Å². The molecule has 6 heteroatoms. The summed E-state index contributed by atoms with van der Waals surface area (Å²) in [5.41, 5.74) is 5.67. The van der Waals surface area contributed by atoms with Crippen LogP contribution in [0.5, 0.6) is 0 Å². The summed E-state index contributed by atoms with van der Waals surface area (Å²) >= 11 is 0. The second-order valence-corrected chi connectivity index (χ2v) is 3.34. The number of nitrogens with zero attached hydrogens (tertiary/aromatic N) is 2. The van der Waals surface area contributed by atoms with Crippen molar-refractivity contribution in [3.05, 3.63) is 11.6 Å². The molecule has 1 unspecified atom stereocenters. The number of aromatic amines is 1. The summed E-state index contributed by atoms with van der Waals surface area (Å²) in [5.74, 6) is 0.602. The molecule has 4 N–H and O–H groups in total. The summed E-state index contributed by atoms with van der Waals surface area (Å²) in [6.07, 6.45) is 1.56. The van der Waals surface area contributed by atoms with Crippen LogP contribution in [0.4, 0.5) is 0 Å². The Morgan fingerprint density at radius 1 is 1.60 bits per heavy atom. The van der Waals surface area contributed by atoms with Crippen LogP contribution < -0.4 is 11.1 Å². The zero-order valence-electron chi connectivity index (χ0n) is 9.08. The van der Waals surface area contributed by atoms with Crippen molar-refractivity contribution < 1.29 is 4.79 Å². The third-order valence-electron chi connectivity index (χ3n) is 2.12. The van der Waals surface area contributed by atoms with Gasteiger partial charge >= 0.3 is 0 Å². The van der Waals surface area contributed by atoms with Crippen molar-refractivity contribution in [2.45, 2.75) is 32.7 Å². The van der Waals surface area contributed by atoms with Gasteiger partial charge in [-0.15, -0.1) is 5.10 Å². The number of carbonyl (C=O) groups excluding carboxylic acids is 1. The van der Waals surface area contributed by atoms with Crippen LogP contribution in [0.25, 0.3) is 0 Å². The van der Waals surface area contributed by atoms with Gasteiger partial charge in [0.2, 0.25) is 5.82 Å². The highest BCUT2D eigenvalue weighted by molar-refractivity contribution is 5.90. The first-order valence-electron chi connectivity index (χ1n) is 5.12. The molecule has 0 aliphatic heterocycles. The molecule has 1 heterocycles. The Morgan fingerprint density at radius 3 is 2.87 bits per heavy atom. The molecule has 15 heavy (non-hydrogen) atoms. The Morgan fingerprint density at radius 2 is 2.33 bits per heavy atom. The van der Waals surface area contributed by atoms with Gasteiger partial charge < -0.3 is 11.1 Å². The van der Waals surface area contributed by atoms with E-state index in [1.807, 2.05) is 13.8 Å². The molecule has 0 saturated heterocycles. The average Bonchev–Trinajstić information content (AvgIpc) is 2.73. The van der Waals surface area contributed by atoms with Crippen LogP contribution in [0.3, 0.4) is 0 Å². The number of hydrogen-bond acceptors (Lipinski definition) is 4. The van der Waals surface area contributed by atoms with Gasteiger partial charge in [0.1, 0.15) is 5.82 Å². The molecule has 6 nitrogen and oxygen atoms in total. The minimum atomic E-state index is -0.283. The first-order chi connectivity index (χ1) is 7.17. The molecular formula is C9H17N5O. The second kappa shape index (κ2) is 5.45. The van der Waals surface area contributed by atoms with Gasteiger partial charge in [-0.3, -0.25) is 9.89 Å². The molecule has 0 bridgehead atoms. The van der Waals surface area contributed by atoms with E-state index in [4.69, 9.17) is 5.73 Å². The topological polar surface area (TPSA) is 96.7 Å². The van der Waals surface area contributed by atoms with Crippen LogP contribution in [-0.2, 0) is 6.42 Å². The normalized spacial score (nSPS) is 12.5. The Bertz CT molecular complexity index is 322. The van der Waals surface area contributed by atoms with Crippen LogP contribution >= 0.6 is 0 Å². The molecule has 0 spiro atoms. The molecule has 1 atom stereocenters. The molecule has 84 valence electrons. The number of carbonyl (C=O) groups is 1. The van der Waals surface area contributed by atoms with Gasteiger partial charge in [-0.05, 0) is 6.42 Å². The van der Waals surface area contributed by atoms with Crippen molar-refractivity contribution in [1.29, 1.82) is 0 Å². The van der Waals surface area contributed by atoms with Gasteiger partial charge in [0.05, 0.1) is 0 Å². The third kappa shape index (κ3) is 3.32. The molecule has 1 aromatic heterocycles. The van der Waals surface area contributed by atoms with Crippen LogP contribution in [0.1, 0.15) is 36.7 Å². The fraction of sp³-hybridized carbons (Fsp3) is 0.667. The fourth-order valence-corrected chi connectivity index (χ4v) is 1.00. The number of aromatic nitrogens is 3. The molecule has 0 fully saturated rings. The second-order valence-electron chi connectivity index (χ2n) is 3.34. The lowest BCUT2D eigenvalue weighted by Gasteiger charge is -2.08. The number of H-pyrrole nitrogens is 1. The van der Waals surface area contributed by atoms with Crippen molar-refractivity contribution in [3.63, 3.8) is 0 Å². The maximum absolute atomic E-state index is 11.5. The van der Waals surface area contributed by atoms with Gasteiger partial charge in [-0.25, -0.2) is 4.98 Å². The highest BCUT2D eigenvalue weighted by atomic mass is 16.2. The maximum Gasteiger partial charge on any atom is 0.291 e. The quantitative estimate of drug-likeness (QED) is 0.630. The van der Waals surface area contributed by atoms with E-state index in [2.05, 4.69) is 20.5 Å². The van der Waals surface area contributed by atoms with E-state index in [-0.39, 0.29) is 17.8 Å². The number of aryl methyl sites for hydroxylation is 1. The molecule has 0 radical (unpaired) electrons. The van der Waals surface area contributed by atoms with E-state index in [9.17, 15) is 4.79 Å². The molecule has 1 aromatic rings. The number of rotatable bonds is 5. The van der Waals surface area contributed by atoms with Crippen molar-refractivity contribution >= 4 is 5.91 Å². The molecule has 1 amide bonds. The van der Waals surface area contributed by atoms with Gasteiger partial charge in [0, 0.05) is 19.0 Å². The largest absolute Gasteiger partial charge is 0.348 e. The maximum atomic E-state index is 11.5. The Kier molecular flexibility index (Phi) is 4.23. The number of hydrogen-bond donors (Lipinski definition) is 3. The van der Waals surface area contributed by atoms with E-state index in [0.717, 1.165) is 12.8 Å². The highest BCUT2D eigenvalue weighted by Crippen LogP contribution is 1.93. The van der Waals surface area contributed by atoms with E-state index < -0.39 is 0 Å². The Labute approximate surface area is 88.7 Å².